The number of carbonyl (C=O) groups is 1. The van der Waals surface area contributed by atoms with Crippen LogP contribution in [0, 0.1) is 5.82 Å². The van der Waals surface area contributed by atoms with Gasteiger partial charge in [-0.05, 0) is 19.9 Å². The number of hydrogen-bond acceptors (Lipinski definition) is 2. The van der Waals surface area contributed by atoms with Crippen LogP contribution < -0.4 is 5.73 Å². The molecule has 0 radical (unpaired) electrons. The highest BCUT2D eigenvalue weighted by Gasteiger charge is 2.17. The molecule has 0 bridgehead atoms. The Hall–Kier alpha value is -1.03. The third-order valence-corrected chi connectivity index (χ3v) is 3.45. The van der Waals surface area contributed by atoms with E-state index in [1.54, 1.807) is 25.1 Å². The highest BCUT2D eigenvalue weighted by atomic mass is 32.2. The number of benzene rings is 1. The molecule has 1 aromatic carbocycles. The molecule has 0 aliphatic rings. The Morgan fingerprint density at radius 2 is 2.00 bits per heavy atom. The largest absolute Gasteiger partial charge is 0.369 e. The summed E-state index contributed by atoms with van der Waals surface area (Å²) in [5, 5.41) is -0.381. The van der Waals surface area contributed by atoms with Crippen molar-refractivity contribution in [3.63, 3.8) is 0 Å². The van der Waals surface area contributed by atoms with Crippen molar-refractivity contribution < 1.29 is 9.18 Å². The van der Waals surface area contributed by atoms with Gasteiger partial charge >= 0.3 is 0 Å². The number of thioether (sulfide) groups is 1. The van der Waals surface area contributed by atoms with Crippen molar-refractivity contribution in [1.29, 1.82) is 0 Å². The van der Waals surface area contributed by atoms with Gasteiger partial charge in [0.15, 0.2) is 0 Å². The molecule has 2 nitrogen and oxygen atoms in total. The van der Waals surface area contributed by atoms with Crippen molar-refractivity contribution in [2.45, 2.75) is 24.3 Å². The van der Waals surface area contributed by atoms with Gasteiger partial charge in [0.05, 0.1) is 5.25 Å². The van der Waals surface area contributed by atoms with Crippen molar-refractivity contribution in [3.8, 4) is 0 Å². The maximum absolute atomic E-state index is 13.4. The molecule has 0 saturated carbocycles. The number of primary amides is 1. The van der Waals surface area contributed by atoms with Crippen LogP contribution in [0.3, 0.4) is 0 Å². The molecule has 2 N–H and O–H groups in total. The van der Waals surface area contributed by atoms with E-state index in [2.05, 4.69) is 0 Å². The first kappa shape index (κ1) is 12.0. The minimum Gasteiger partial charge on any atom is -0.369 e. The second-order valence-electron chi connectivity index (χ2n) is 3.34. The Balaban J connectivity index is 2.73. The highest BCUT2D eigenvalue weighted by molar-refractivity contribution is 8.00. The average Bonchev–Trinajstić information content (AvgIpc) is 2.18. The smallest absolute Gasteiger partial charge is 0.230 e. The van der Waals surface area contributed by atoms with Crippen LogP contribution in [-0.2, 0) is 4.79 Å². The van der Waals surface area contributed by atoms with Crippen LogP contribution >= 0.6 is 11.8 Å². The number of carbonyl (C=O) groups excluding carboxylic acids is 1. The molecule has 0 heterocycles. The third-order valence-electron chi connectivity index (χ3n) is 2.15. The summed E-state index contributed by atoms with van der Waals surface area (Å²) in [6.45, 7) is 3.59. The SMILES string of the molecule is C[C@H](S[C@@H](C)c1ccccc1F)C(N)=O. The number of rotatable bonds is 4. The van der Waals surface area contributed by atoms with Gasteiger partial charge in [0, 0.05) is 10.8 Å². The maximum Gasteiger partial charge on any atom is 0.230 e. The Kier molecular flexibility index (Phi) is 4.15. The Morgan fingerprint density at radius 3 is 2.53 bits per heavy atom. The second kappa shape index (κ2) is 5.16. The predicted octanol–water partition coefficient (Wildman–Crippen LogP) is 2.49. The van der Waals surface area contributed by atoms with Crippen molar-refractivity contribution in [3.05, 3.63) is 35.6 Å². The summed E-state index contributed by atoms with van der Waals surface area (Å²) in [6, 6.07) is 6.57. The number of amides is 1. The molecule has 4 heteroatoms. The Bertz CT molecular complexity index is 356. The lowest BCUT2D eigenvalue weighted by atomic mass is 10.1. The van der Waals surface area contributed by atoms with E-state index < -0.39 is 0 Å². The van der Waals surface area contributed by atoms with E-state index in [-0.39, 0.29) is 22.2 Å². The standard InChI is InChI=1S/C11H14FNOS/c1-7(15-8(2)11(13)14)9-5-3-4-6-10(9)12/h3-8H,1-2H3,(H2,13,14)/t7-,8-/m0/s1. The predicted molar refractivity (Wildman–Crippen MR) is 61.1 cm³/mol. The molecule has 82 valence electrons. The van der Waals surface area contributed by atoms with E-state index in [0.29, 0.717) is 5.56 Å². The number of hydrogen-bond donors (Lipinski definition) is 1. The van der Waals surface area contributed by atoms with E-state index in [1.807, 2.05) is 6.92 Å². The van der Waals surface area contributed by atoms with Crippen LogP contribution in [0.5, 0.6) is 0 Å². The molecule has 0 unspecified atom stereocenters. The number of nitrogens with two attached hydrogens (primary N) is 1. The van der Waals surface area contributed by atoms with E-state index in [1.165, 1.54) is 17.8 Å². The molecule has 0 saturated heterocycles. The molecule has 1 aromatic rings. The number of halogens is 1. The lowest BCUT2D eigenvalue weighted by molar-refractivity contribution is -0.117. The molecule has 0 aliphatic heterocycles. The van der Waals surface area contributed by atoms with Crippen molar-refractivity contribution >= 4 is 17.7 Å². The summed E-state index contributed by atoms with van der Waals surface area (Å²) in [4.78, 5) is 10.9. The van der Waals surface area contributed by atoms with Crippen molar-refractivity contribution in [2.24, 2.45) is 5.73 Å². The maximum atomic E-state index is 13.4. The molecule has 2 atom stereocenters. The van der Waals surface area contributed by atoms with Gasteiger partial charge in [0.2, 0.25) is 5.91 Å². The van der Waals surface area contributed by atoms with Gasteiger partial charge in [-0.25, -0.2) is 4.39 Å². The van der Waals surface area contributed by atoms with Gasteiger partial charge in [-0.3, -0.25) is 4.79 Å². The lowest BCUT2D eigenvalue weighted by Crippen LogP contribution is -2.23. The Labute approximate surface area is 93.0 Å². The van der Waals surface area contributed by atoms with E-state index in [0.717, 1.165) is 0 Å². The first-order valence-electron chi connectivity index (χ1n) is 4.71. The first-order valence-corrected chi connectivity index (χ1v) is 5.66. The fraction of sp³-hybridized carbons (Fsp3) is 0.364. The van der Waals surface area contributed by atoms with Gasteiger partial charge in [0.25, 0.3) is 0 Å². The van der Waals surface area contributed by atoms with Crippen LogP contribution in [-0.4, -0.2) is 11.2 Å². The fourth-order valence-electron chi connectivity index (χ4n) is 1.25. The van der Waals surface area contributed by atoms with Crippen LogP contribution in [0.25, 0.3) is 0 Å². The molecular weight excluding hydrogens is 213 g/mol. The fourth-order valence-corrected chi connectivity index (χ4v) is 2.34. The zero-order valence-corrected chi connectivity index (χ0v) is 9.55. The molecule has 1 rings (SSSR count). The second-order valence-corrected chi connectivity index (χ2v) is 5.03. The minimum atomic E-state index is -0.372. The third kappa shape index (κ3) is 3.23. The van der Waals surface area contributed by atoms with Crippen LogP contribution in [0.1, 0.15) is 24.7 Å². The first-order chi connectivity index (χ1) is 7.02. The van der Waals surface area contributed by atoms with Crippen LogP contribution in [0.15, 0.2) is 24.3 Å². The van der Waals surface area contributed by atoms with E-state index in [9.17, 15) is 9.18 Å². The van der Waals surface area contributed by atoms with Crippen LogP contribution in [0.4, 0.5) is 4.39 Å². The van der Waals surface area contributed by atoms with Crippen LogP contribution in [0.2, 0.25) is 0 Å². The minimum absolute atomic E-state index is 0.0753. The monoisotopic (exact) mass is 227 g/mol. The van der Waals surface area contributed by atoms with Crippen molar-refractivity contribution in [1.82, 2.24) is 0 Å². The summed E-state index contributed by atoms with van der Waals surface area (Å²) in [5.74, 6) is -0.614. The summed E-state index contributed by atoms with van der Waals surface area (Å²) in [5.41, 5.74) is 5.75. The highest BCUT2D eigenvalue weighted by Crippen LogP contribution is 2.32. The topological polar surface area (TPSA) is 43.1 Å². The summed E-state index contributed by atoms with van der Waals surface area (Å²) in [7, 11) is 0. The van der Waals surface area contributed by atoms with Gasteiger partial charge in [0.1, 0.15) is 5.82 Å². The molecule has 0 spiro atoms. The molecule has 0 aromatic heterocycles. The zero-order chi connectivity index (χ0) is 11.4. The molecule has 0 aliphatic carbocycles. The lowest BCUT2D eigenvalue weighted by Gasteiger charge is -2.15. The molecular formula is C11H14FNOS. The summed E-state index contributed by atoms with van der Waals surface area (Å²) < 4.78 is 13.4. The van der Waals surface area contributed by atoms with Crippen molar-refractivity contribution in [2.75, 3.05) is 0 Å². The van der Waals surface area contributed by atoms with Gasteiger partial charge in [-0.1, -0.05) is 18.2 Å². The molecule has 15 heavy (non-hydrogen) atoms. The molecule has 1 amide bonds. The molecule has 0 fully saturated rings. The van der Waals surface area contributed by atoms with Gasteiger partial charge in [-0.15, -0.1) is 11.8 Å². The quantitative estimate of drug-likeness (QED) is 0.858. The summed E-state index contributed by atoms with van der Waals surface area (Å²) >= 11 is 1.36. The normalized spacial score (nSPS) is 14.6. The van der Waals surface area contributed by atoms with E-state index in [4.69, 9.17) is 5.73 Å². The Morgan fingerprint density at radius 1 is 1.40 bits per heavy atom. The van der Waals surface area contributed by atoms with Gasteiger partial charge in [-0.2, -0.15) is 0 Å². The zero-order valence-electron chi connectivity index (χ0n) is 8.74. The summed E-state index contributed by atoms with van der Waals surface area (Å²) in [6.07, 6.45) is 0. The van der Waals surface area contributed by atoms with E-state index >= 15 is 0 Å². The van der Waals surface area contributed by atoms with Gasteiger partial charge < -0.3 is 5.73 Å². The average molecular weight is 227 g/mol.